The average molecular weight is 327 g/mol. The van der Waals surface area contributed by atoms with Crippen LogP contribution in [0.5, 0.6) is 0 Å². The first kappa shape index (κ1) is 16.6. The number of carbonyl (C=O) groups excluding carboxylic acids is 2. The van der Waals surface area contributed by atoms with E-state index in [1.807, 2.05) is 38.1 Å². The van der Waals surface area contributed by atoms with Crippen LogP contribution >= 0.6 is 12.2 Å². The van der Waals surface area contributed by atoms with E-state index in [-0.39, 0.29) is 16.9 Å². The molecule has 0 atom stereocenters. The summed E-state index contributed by atoms with van der Waals surface area (Å²) in [4.78, 5) is 24.1. The van der Waals surface area contributed by atoms with E-state index in [2.05, 4.69) is 16.2 Å². The molecule has 0 heterocycles. The van der Waals surface area contributed by atoms with Crippen LogP contribution in [0.2, 0.25) is 0 Å². The van der Waals surface area contributed by atoms with Crippen LogP contribution in [0.15, 0.2) is 48.5 Å². The molecule has 0 aliphatic heterocycles. The molecular formula is C17H17N3O2S. The van der Waals surface area contributed by atoms with Crippen molar-refractivity contribution >= 4 is 29.1 Å². The summed E-state index contributed by atoms with van der Waals surface area (Å²) in [5, 5.41) is 2.55. The third-order valence-electron chi connectivity index (χ3n) is 3.30. The minimum absolute atomic E-state index is 0.0280. The zero-order chi connectivity index (χ0) is 16.8. The number of rotatable bonds is 2. The van der Waals surface area contributed by atoms with Crippen molar-refractivity contribution in [2.24, 2.45) is 0 Å². The molecule has 2 rings (SSSR count). The first-order valence-corrected chi connectivity index (χ1v) is 7.43. The quantitative estimate of drug-likeness (QED) is 0.584. The molecule has 0 unspecified atom stereocenters. The number of amides is 2. The summed E-state index contributed by atoms with van der Waals surface area (Å²) in [5.41, 5.74) is 7.75. The van der Waals surface area contributed by atoms with E-state index < -0.39 is 0 Å². The largest absolute Gasteiger partial charge is 0.298 e. The minimum Gasteiger partial charge on any atom is -0.298 e. The van der Waals surface area contributed by atoms with E-state index >= 15 is 0 Å². The maximum Gasteiger partial charge on any atom is 0.269 e. The first-order chi connectivity index (χ1) is 11.0. The van der Waals surface area contributed by atoms with Gasteiger partial charge in [0.2, 0.25) is 0 Å². The summed E-state index contributed by atoms with van der Waals surface area (Å²) in [6, 6.07) is 14.4. The van der Waals surface area contributed by atoms with Gasteiger partial charge in [-0.1, -0.05) is 36.4 Å². The third kappa shape index (κ3) is 4.37. The summed E-state index contributed by atoms with van der Waals surface area (Å²) in [7, 11) is 0. The summed E-state index contributed by atoms with van der Waals surface area (Å²) in [6.07, 6.45) is 0. The SMILES string of the molecule is Cc1ccccc1C(=O)NNC(=S)NC(=O)c1ccccc1C. The molecule has 0 fully saturated rings. The fourth-order valence-electron chi connectivity index (χ4n) is 2.04. The van der Waals surface area contributed by atoms with Crippen LogP contribution < -0.4 is 16.2 Å². The molecule has 6 heteroatoms. The van der Waals surface area contributed by atoms with E-state index in [1.165, 1.54) is 0 Å². The monoisotopic (exact) mass is 327 g/mol. The maximum atomic E-state index is 12.1. The highest BCUT2D eigenvalue weighted by Crippen LogP contribution is 2.07. The number of hydrogen-bond acceptors (Lipinski definition) is 3. The molecular weight excluding hydrogens is 310 g/mol. The fraction of sp³-hybridized carbons (Fsp3) is 0.118. The summed E-state index contributed by atoms with van der Waals surface area (Å²) in [5.74, 6) is -0.652. The molecule has 2 aromatic rings. The molecule has 3 N–H and O–H groups in total. The van der Waals surface area contributed by atoms with Crippen molar-refractivity contribution in [1.29, 1.82) is 0 Å². The second-order valence-corrected chi connectivity index (χ2v) is 5.40. The van der Waals surface area contributed by atoms with Gasteiger partial charge in [-0.2, -0.15) is 0 Å². The summed E-state index contributed by atoms with van der Waals surface area (Å²) in [6.45, 7) is 3.68. The Morgan fingerprint density at radius 3 is 1.78 bits per heavy atom. The molecule has 118 valence electrons. The predicted molar refractivity (Wildman–Crippen MR) is 93.0 cm³/mol. The maximum absolute atomic E-state index is 12.1. The van der Waals surface area contributed by atoms with Gasteiger partial charge in [-0.05, 0) is 49.3 Å². The van der Waals surface area contributed by atoms with Gasteiger partial charge in [-0.3, -0.25) is 25.8 Å². The number of carbonyl (C=O) groups is 2. The van der Waals surface area contributed by atoms with Gasteiger partial charge in [0.1, 0.15) is 0 Å². The van der Waals surface area contributed by atoms with Gasteiger partial charge in [0.25, 0.3) is 11.8 Å². The Kier molecular flexibility index (Phi) is 5.43. The second kappa shape index (κ2) is 7.51. The number of nitrogens with one attached hydrogen (secondary N) is 3. The van der Waals surface area contributed by atoms with Crippen LogP contribution in [0.1, 0.15) is 31.8 Å². The van der Waals surface area contributed by atoms with Gasteiger partial charge in [0.05, 0.1) is 0 Å². The van der Waals surface area contributed by atoms with Crippen molar-refractivity contribution in [3.8, 4) is 0 Å². The van der Waals surface area contributed by atoms with Crippen LogP contribution in [-0.4, -0.2) is 16.9 Å². The van der Waals surface area contributed by atoms with Crippen molar-refractivity contribution in [1.82, 2.24) is 16.2 Å². The molecule has 5 nitrogen and oxygen atoms in total. The van der Waals surface area contributed by atoms with E-state index in [0.29, 0.717) is 11.1 Å². The molecule has 2 amide bonds. The Hall–Kier alpha value is -2.73. The highest BCUT2D eigenvalue weighted by molar-refractivity contribution is 7.80. The number of benzene rings is 2. The Labute approximate surface area is 140 Å². The van der Waals surface area contributed by atoms with E-state index in [9.17, 15) is 9.59 Å². The molecule has 0 spiro atoms. The molecule has 23 heavy (non-hydrogen) atoms. The Morgan fingerprint density at radius 2 is 1.26 bits per heavy atom. The molecule has 0 bridgehead atoms. The lowest BCUT2D eigenvalue weighted by molar-refractivity contribution is 0.0934. The van der Waals surface area contributed by atoms with Crippen molar-refractivity contribution in [2.75, 3.05) is 0 Å². The Balaban J connectivity index is 1.91. The lowest BCUT2D eigenvalue weighted by Gasteiger charge is -2.12. The molecule has 0 saturated carbocycles. The van der Waals surface area contributed by atoms with E-state index in [1.54, 1.807) is 24.3 Å². The van der Waals surface area contributed by atoms with Crippen molar-refractivity contribution in [3.63, 3.8) is 0 Å². The molecule has 0 radical (unpaired) electrons. The predicted octanol–water partition coefficient (Wildman–Crippen LogP) is 2.25. The highest BCUT2D eigenvalue weighted by Gasteiger charge is 2.11. The van der Waals surface area contributed by atoms with Crippen molar-refractivity contribution in [3.05, 3.63) is 70.8 Å². The van der Waals surface area contributed by atoms with Gasteiger partial charge >= 0.3 is 0 Å². The number of hydrogen-bond donors (Lipinski definition) is 3. The van der Waals surface area contributed by atoms with Gasteiger partial charge < -0.3 is 0 Å². The normalized spacial score (nSPS) is 9.83. The number of hydrazine groups is 1. The zero-order valence-corrected chi connectivity index (χ0v) is 13.7. The Morgan fingerprint density at radius 1 is 0.783 bits per heavy atom. The highest BCUT2D eigenvalue weighted by atomic mass is 32.1. The van der Waals surface area contributed by atoms with Gasteiger partial charge in [-0.25, -0.2) is 0 Å². The zero-order valence-electron chi connectivity index (χ0n) is 12.8. The van der Waals surface area contributed by atoms with Crippen molar-refractivity contribution in [2.45, 2.75) is 13.8 Å². The average Bonchev–Trinajstić information content (AvgIpc) is 2.53. The summed E-state index contributed by atoms with van der Waals surface area (Å²) >= 11 is 5.02. The Bertz CT molecular complexity index is 759. The van der Waals surface area contributed by atoms with Gasteiger partial charge in [0, 0.05) is 11.1 Å². The van der Waals surface area contributed by atoms with E-state index in [4.69, 9.17) is 12.2 Å². The number of aryl methyl sites for hydroxylation is 2. The lowest BCUT2D eigenvalue weighted by atomic mass is 10.1. The molecule has 0 aliphatic carbocycles. The molecule has 0 aromatic heterocycles. The smallest absolute Gasteiger partial charge is 0.269 e. The summed E-state index contributed by atoms with van der Waals surface area (Å²) < 4.78 is 0. The fourth-order valence-corrected chi connectivity index (χ4v) is 2.18. The van der Waals surface area contributed by atoms with Crippen LogP contribution in [0.4, 0.5) is 0 Å². The van der Waals surface area contributed by atoms with Crippen LogP contribution in [0.25, 0.3) is 0 Å². The van der Waals surface area contributed by atoms with Crippen LogP contribution in [0, 0.1) is 13.8 Å². The van der Waals surface area contributed by atoms with Gasteiger partial charge in [0.15, 0.2) is 5.11 Å². The molecule has 0 aliphatic rings. The van der Waals surface area contributed by atoms with Crippen molar-refractivity contribution < 1.29 is 9.59 Å². The van der Waals surface area contributed by atoms with Gasteiger partial charge in [-0.15, -0.1) is 0 Å². The standard InChI is InChI=1S/C17H17N3O2S/c1-11-7-3-5-9-13(11)15(21)18-17(23)20-19-16(22)14-10-6-4-8-12(14)2/h3-10H,1-2H3,(H,19,22)(H2,18,20,21,23). The third-order valence-corrected chi connectivity index (χ3v) is 3.50. The first-order valence-electron chi connectivity index (χ1n) is 7.02. The number of thiocarbonyl (C=S) groups is 1. The molecule has 0 saturated heterocycles. The van der Waals surface area contributed by atoms with Crippen LogP contribution in [-0.2, 0) is 0 Å². The topological polar surface area (TPSA) is 70.2 Å². The van der Waals surface area contributed by atoms with E-state index in [0.717, 1.165) is 11.1 Å². The van der Waals surface area contributed by atoms with Crippen LogP contribution in [0.3, 0.4) is 0 Å². The minimum atomic E-state index is -0.328. The lowest BCUT2D eigenvalue weighted by Crippen LogP contribution is -2.48. The second-order valence-electron chi connectivity index (χ2n) is 4.99. The molecule has 2 aromatic carbocycles.